The topological polar surface area (TPSA) is 102 Å². The monoisotopic (exact) mass is 273 g/mol. The molecule has 1 heterocycles. The van der Waals surface area contributed by atoms with Crippen LogP contribution in [0.5, 0.6) is 0 Å². The molecule has 7 nitrogen and oxygen atoms in total. The molecule has 1 fully saturated rings. The van der Waals surface area contributed by atoms with Crippen LogP contribution in [0.15, 0.2) is 0 Å². The Morgan fingerprint density at radius 3 is 2.68 bits per heavy atom. The molecule has 1 rings (SSSR count). The number of hydrogen-bond donors (Lipinski definition) is 4. The highest BCUT2D eigenvalue weighted by Crippen LogP contribution is 2.13. The Bertz CT molecular complexity index is 322. The van der Waals surface area contributed by atoms with Crippen molar-refractivity contribution in [2.75, 3.05) is 26.7 Å². The van der Waals surface area contributed by atoms with Crippen molar-refractivity contribution in [1.29, 1.82) is 0 Å². The summed E-state index contributed by atoms with van der Waals surface area (Å²) in [6.45, 7) is 3.85. The highest BCUT2D eigenvalue weighted by molar-refractivity contribution is 5.82. The van der Waals surface area contributed by atoms with Crippen molar-refractivity contribution < 1.29 is 19.8 Å². The van der Waals surface area contributed by atoms with E-state index < -0.39 is 24.1 Å². The highest BCUT2D eigenvalue weighted by Gasteiger charge is 2.25. The zero-order chi connectivity index (χ0) is 14.4. The van der Waals surface area contributed by atoms with Gasteiger partial charge >= 0.3 is 12.0 Å². The number of nitrogens with one attached hydrogen (secondary N) is 2. The fraction of sp³-hybridized carbons (Fsp3) is 0.833. The molecule has 0 aromatic rings. The lowest BCUT2D eigenvalue weighted by Crippen LogP contribution is -2.52. The number of piperidine rings is 1. The van der Waals surface area contributed by atoms with Crippen LogP contribution < -0.4 is 10.6 Å². The maximum atomic E-state index is 11.6. The Balaban J connectivity index is 2.32. The van der Waals surface area contributed by atoms with Gasteiger partial charge in [-0.3, -0.25) is 0 Å². The number of carboxylic acids is 1. The smallest absolute Gasteiger partial charge is 0.328 e. The molecule has 3 unspecified atom stereocenters. The van der Waals surface area contributed by atoms with Crippen molar-refractivity contribution in [3.05, 3.63) is 0 Å². The number of carbonyl (C=O) groups is 2. The van der Waals surface area contributed by atoms with Gasteiger partial charge in [-0.05, 0) is 39.3 Å². The fourth-order valence-electron chi connectivity index (χ4n) is 2.26. The molecule has 0 spiro atoms. The van der Waals surface area contributed by atoms with Crippen LogP contribution in [0.4, 0.5) is 4.79 Å². The summed E-state index contributed by atoms with van der Waals surface area (Å²) in [4.78, 5) is 24.6. The molecular weight excluding hydrogens is 250 g/mol. The minimum absolute atomic E-state index is 0.388. The van der Waals surface area contributed by atoms with E-state index in [1.807, 2.05) is 7.05 Å². The second-order valence-corrected chi connectivity index (χ2v) is 5.18. The lowest BCUT2D eigenvalue weighted by Gasteiger charge is -2.29. The molecule has 110 valence electrons. The first-order valence-corrected chi connectivity index (χ1v) is 6.54. The second kappa shape index (κ2) is 7.30. The fourth-order valence-corrected chi connectivity index (χ4v) is 2.26. The van der Waals surface area contributed by atoms with E-state index in [-0.39, 0.29) is 0 Å². The number of likely N-dealkylation sites (tertiary alicyclic amines) is 1. The number of hydrogen-bond acceptors (Lipinski definition) is 4. The van der Waals surface area contributed by atoms with Gasteiger partial charge in [0.1, 0.15) is 0 Å². The zero-order valence-electron chi connectivity index (χ0n) is 11.4. The van der Waals surface area contributed by atoms with Crippen LogP contribution in [-0.4, -0.2) is 65.9 Å². The number of rotatable bonds is 5. The second-order valence-electron chi connectivity index (χ2n) is 5.18. The van der Waals surface area contributed by atoms with Crippen LogP contribution in [-0.2, 0) is 4.79 Å². The van der Waals surface area contributed by atoms with E-state index in [1.54, 1.807) is 0 Å². The van der Waals surface area contributed by atoms with Crippen LogP contribution in [0.2, 0.25) is 0 Å². The van der Waals surface area contributed by atoms with E-state index in [1.165, 1.54) is 6.92 Å². The first-order valence-electron chi connectivity index (χ1n) is 6.54. The van der Waals surface area contributed by atoms with Crippen molar-refractivity contribution in [3.8, 4) is 0 Å². The van der Waals surface area contributed by atoms with Gasteiger partial charge in [-0.25, -0.2) is 9.59 Å². The predicted octanol–water partition coefficient (Wildman–Crippen LogP) is -0.539. The summed E-state index contributed by atoms with van der Waals surface area (Å²) in [5.41, 5.74) is 0. The summed E-state index contributed by atoms with van der Waals surface area (Å²) in [6.07, 6.45) is 1.03. The molecule has 0 bridgehead atoms. The van der Waals surface area contributed by atoms with Crippen molar-refractivity contribution in [1.82, 2.24) is 15.5 Å². The SMILES string of the molecule is CC(O)C(NC(=O)NCC1CCCN(C)C1)C(=O)O. The summed E-state index contributed by atoms with van der Waals surface area (Å²) in [7, 11) is 2.04. The normalized spacial score (nSPS) is 23.4. The van der Waals surface area contributed by atoms with E-state index in [2.05, 4.69) is 15.5 Å². The van der Waals surface area contributed by atoms with Crippen molar-refractivity contribution in [2.24, 2.45) is 5.92 Å². The maximum absolute atomic E-state index is 11.6. The van der Waals surface area contributed by atoms with Gasteiger partial charge in [-0.1, -0.05) is 0 Å². The lowest BCUT2D eigenvalue weighted by molar-refractivity contribution is -0.141. The number of aliphatic carboxylic acids is 1. The third-order valence-electron chi connectivity index (χ3n) is 3.31. The molecule has 0 saturated carbocycles. The Morgan fingerprint density at radius 1 is 1.47 bits per heavy atom. The average Bonchev–Trinajstić information content (AvgIpc) is 2.32. The first kappa shape index (κ1) is 15.7. The van der Waals surface area contributed by atoms with Gasteiger partial charge in [0, 0.05) is 13.1 Å². The third-order valence-corrected chi connectivity index (χ3v) is 3.31. The zero-order valence-corrected chi connectivity index (χ0v) is 11.4. The molecule has 0 radical (unpaired) electrons. The van der Waals surface area contributed by atoms with Crippen molar-refractivity contribution >= 4 is 12.0 Å². The molecule has 7 heteroatoms. The summed E-state index contributed by atoms with van der Waals surface area (Å²) >= 11 is 0. The van der Waals surface area contributed by atoms with Crippen LogP contribution in [0, 0.1) is 5.92 Å². The van der Waals surface area contributed by atoms with Gasteiger partial charge in [0.2, 0.25) is 0 Å². The molecule has 3 atom stereocenters. The van der Waals surface area contributed by atoms with Crippen LogP contribution in [0.3, 0.4) is 0 Å². The average molecular weight is 273 g/mol. The van der Waals surface area contributed by atoms with E-state index in [0.29, 0.717) is 12.5 Å². The molecule has 1 aliphatic rings. The Labute approximate surface area is 113 Å². The molecule has 4 N–H and O–H groups in total. The molecule has 0 aromatic carbocycles. The summed E-state index contributed by atoms with van der Waals surface area (Å²) < 4.78 is 0. The standard InChI is InChI=1S/C12H23N3O4/c1-8(16)10(11(17)18)14-12(19)13-6-9-4-3-5-15(2)7-9/h8-10,16H,3-7H2,1-2H3,(H,17,18)(H2,13,14,19). The summed E-state index contributed by atoms with van der Waals surface area (Å²) in [6, 6.07) is -1.84. The molecule has 1 aliphatic heterocycles. The number of aliphatic hydroxyl groups is 1. The first-order chi connectivity index (χ1) is 8.90. The lowest BCUT2D eigenvalue weighted by atomic mass is 9.99. The summed E-state index contributed by atoms with van der Waals surface area (Å²) in [5, 5.41) is 23.0. The van der Waals surface area contributed by atoms with Gasteiger partial charge in [0.25, 0.3) is 0 Å². The number of urea groups is 1. The highest BCUT2D eigenvalue weighted by atomic mass is 16.4. The number of nitrogens with zero attached hydrogens (tertiary/aromatic N) is 1. The minimum atomic E-state index is -1.28. The van der Waals surface area contributed by atoms with Gasteiger partial charge in [-0.15, -0.1) is 0 Å². The Morgan fingerprint density at radius 2 is 2.16 bits per heavy atom. The quantitative estimate of drug-likeness (QED) is 0.539. The van der Waals surface area contributed by atoms with Gasteiger partial charge in [0.15, 0.2) is 6.04 Å². The minimum Gasteiger partial charge on any atom is -0.480 e. The molecule has 1 saturated heterocycles. The van der Waals surface area contributed by atoms with E-state index in [4.69, 9.17) is 5.11 Å². The molecule has 0 aromatic heterocycles. The molecular formula is C12H23N3O4. The van der Waals surface area contributed by atoms with E-state index >= 15 is 0 Å². The largest absolute Gasteiger partial charge is 0.480 e. The molecule has 0 aliphatic carbocycles. The van der Waals surface area contributed by atoms with Crippen LogP contribution in [0.1, 0.15) is 19.8 Å². The Kier molecular flexibility index (Phi) is 6.04. The third kappa shape index (κ3) is 5.44. The number of aliphatic hydroxyl groups excluding tert-OH is 1. The summed E-state index contributed by atoms with van der Waals surface area (Å²) in [5.74, 6) is -0.859. The van der Waals surface area contributed by atoms with E-state index in [0.717, 1.165) is 25.9 Å². The van der Waals surface area contributed by atoms with Crippen molar-refractivity contribution in [2.45, 2.75) is 31.9 Å². The molecule has 2 amide bonds. The van der Waals surface area contributed by atoms with Crippen molar-refractivity contribution in [3.63, 3.8) is 0 Å². The van der Waals surface area contributed by atoms with Gasteiger partial charge in [-0.2, -0.15) is 0 Å². The Hall–Kier alpha value is -1.34. The van der Waals surface area contributed by atoms with E-state index in [9.17, 15) is 14.7 Å². The van der Waals surface area contributed by atoms with Crippen LogP contribution in [0.25, 0.3) is 0 Å². The number of carbonyl (C=O) groups excluding carboxylic acids is 1. The number of amides is 2. The molecule has 19 heavy (non-hydrogen) atoms. The predicted molar refractivity (Wildman–Crippen MR) is 69.9 cm³/mol. The van der Waals surface area contributed by atoms with Gasteiger partial charge < -0.3 is 25.7 Å². The van der Waals surface area contributed by atoms with Gasteiger partial charge in [0.05, 0.1) is 6.10 Å². The number of carboxylic acid groups (broad SMARTS) is 1. The maximum Gasteiger partial charge on any atom is 0.328 e. The van der Waals surface area contributed by atoms with Crippen LogP contribution >= 0.6 is 0 Å².